The summed E-state index contributed by atoms with van der Waals surface area (Å²) in [6.45, 7) is 0. The van der Waals surface area contributed by atoms with Gasteiger partial charge in [0.15, 0.2) is 17.7 Å². The molecule has 0 radical (unpaired) electrons. The molecule has 1 saturated heterocycles. The molecule has 3 heterocycles. The Labute approximate surface area is 158 Å². The first kappa shape index (κ1) is 17.0. The smallest absolute Gasteiger partial charge is 0.338 e. The van der Waals surface area contributed by atoms with Gasteiger partial charge in [-0.1, -0.05) is 18.2 Å². The Kier molecular flexibility index (Phi) is 3.63. The van der Waals surface area contributed by atoms with Crippen molar-refractivity contribution in [2.24, 2.45) is 0 Å². The highest BCUT2D eigenvalue weighted by Gasteiger charge is 2.71. The zero-order valence-electron chi connectivity index (χ0n) is 14.5. The lowest BCUT2D eigenvalue weighted by Gasteiger charge is -2.16. The largest absolute Gasteiger partial charge is 0.455 e. The van der Waals surface area contributed by atoms with Crippen LogP contribution in [0.4, 0.5) is 5.82 Å². The van der Waals surface area contributed by atoms with Gasteiger partial charge in [0.1, 0.15) is 35.8 Å². The third-order valence-electron chi connectivity index (χ3n) is 5.27. The van der Waals surface area contributed by atoms with E-state index in [-0.39, 0.29) is 12.2 Å². The number of nitrogens with zero attached hydrogens (tertiary/aromatic N) is 4. The van der Waals surface area contributed by atoms with E-state index in [2.05, 4.69) is 15.0 Å². The molecular weight excluding hydrogens is 366 g/mol. The number of nitrogens with two attached hydrogens (primary N) is 1. The van der Waals surface area contributed by atoms with Gasteiger partial charge >= 0.3 is 5.97 Å². The topological polar surface area (TPSA) is 146 Å². The molecule has 1 aliphatic heterocycles. The molecule has 5 rings (SSSR count). The normalized spacial score (nSPS) is 31.4. The van der Waals surface area contributed by atoms with Crippen LogP contribution in [0.3, 0.4) is 0 Å². The monoisotopic (exact) mass is 383 g/mol. The molecule has 0 bridgehead atoms. The number of fused-ring (bicyclic) bond motifs is 1. The summed E-state index contributed by atoms with van der Waals surface area (Å²) in [4.78, 5) is 24.4. The Morgan fingerprint density at radius 1 is 1.25 bits per heavy atom. The van der Waals surface area contributed by atoms with Gasteiger partial charge in [0.25, 0.3) is 0 Å². The van der Waals surface area contributed by atoms with E-state index in [9.17, 15) is 15.0 Å². The summed E-state index contributed by atoms with van der Waals surface area (Å²) in [5, 5.41) is 21.1. The molecular formula is C18H17N5O5. The van der Waals surface area contributed by atoms with Crippen molar-refractivity contribution < 1.29 is 24.5 Å². The second kappa shape index (κ2) is 5.96. The number of ether oxygens (including phenoxy) is 2. The van der Waals surface area contributed by atoms with E-state index < -0.39 is 36.1 Å². The van der Waals surface area contributed by atoms with Gasteiger partial charge < -0.3 is 25.4 Å². The van der Waals surface area contributed by atoms with Crippen LogP contribution in [0, 0.1) is 0 Å². The van der Waals surface area contributed by atoms with Crippen molar-refractivity contribution in [3.63, 3.8) is 0 Å². The molecule has 28 heavy (non-hydrogen) atoms. The zero-order valence-corrected chi connectivity index (χ0v) is 14.5. The fraction of sp³-hybridized carbons (Fsp3) is 0.333. The number of carbonyl (C=O) groups excluding carboxylic acids is 1. The molecule has 3 aromatic rings. The predicted octanol–water partition coefficient (Wildman–Crippen LogP) is 0.0272. The Hall–Kier alpha value is -3.08. The van der Waals surface area contributed by atoms with Crippen LogP contribution >= 0.6 is 0 Å². The van der Waals surface area contributed by atoms with Crippen molar-refractivity contribution in [2.45, 2.75) is 36.6 Å². The van der Waals surface area contributed by atoms with Gasteiger partial charge in [-0.25, -0.2) is 19.7 Å². The summed E-state index contributed by atoms with van der Waals surface area (Å²) >= 11 is 0. The summed E-state index contributed by atoms with van der Waals surface area (Å²) in [5.41, 5.74) is 5.78. The van der Waals surface area contributed by atoms with Gasteiger partial charge in [0.05, 0.1) is 11.9 Å². The number of rotatable bonds is 3. The second-order valence-corrected chi connectivity index (χ2v) is 6.95. The molecule has 1 saturated carbocycles. The number of aliphatic hydroxyl groups excluding tert-OH is 2. The number of anilines is 1. The Morgan fingerprint density at radius 2 is 2.04 bits per heavy atom. The highest BCUT2D eigenvalue weighted by Crippen LogP contribution is 2.54. The first-order valence-electron chi connectivity index (χ1n) is 8.74. The molecule has 2 aliphatic rings. The molecule has 2 aromatic heterocycles. The van der Waals surface area contributed by atoms with Crippen molar-refractivity contribution in [3.05, 3.63) is 48.5 Å². The van der Waals surface area contributed by atoms with Crippen LogP contribution in [0.25, 0.3) is 11.2 Å². The number of esters is 1. The minimum Gasteiger partial charge on any atom is -0.455 e. The number of imidazole rings is 1. The van der Waals surface area contributed by atoms with E-state index in [0.717, 1.165) is 0 Å². The maximum Gasteiger partial charge on any atom is 0.338 e. The van der Waals surface area contributed by atoms with E-state index in [1.807, 2.05) is 0 Å². The summed E-state index contributed by atoms with van der Waals surface area (Å²) < 4.78 is 12.9. The highest BCUT2D eigenvalue weighted by atomic mass is 16.6. The summed E-state index contributed by atoms with van der Waals surface area (Å²) in [5.74, 6) is -0.308. The summed E-state index contributed by atoms with van der Waals surface area (Å²) in [6, 6.07) is 8.55. The third-order valence-corrected chi connectivity index (χ3v) is 5.27. The first-order valence-corrected chi connectivity index (χ1v) is 8.74. The van der Waals surface area contributed by atoms with Crippen molar-refractivity contribution in [2.75, 3.05) is 5.73 Å². The Morgan fingerprint density at radius 3 is 2.82 bits per heavy atom. The van der Waals surface area contributed by atoms with Gasteiger partial charge in [-0.05, 0) is 12.1 Å². The molecule has 1 unspecified atom stereocenters. The van der Waals surface area contributed by atoms with E-state index in [4.69, 9.17) is 15.2 Å². The zero-order chi connectivity index (χ0) is 19.5. The quantitative estimate of drug-likeness (QED) is 0.533. The van der Waals surface area contributed by atoms with Gasteiger partial charge in [0.2, 0.25) is 0 Å². The molecule has 144 valence electrons. The number of benzene rings is 1. The van der Waals surface area contributed by atoms with Crippen molar-refractivity contribution >= 4 is 23.0 Å². The minimum atomic E-state index is -1.26. The Balaban J connectivity index is 1.39. The van der Waals surface area contributed by atoms with Crippen LogP contribution in [0.15, 0.2) is 43.0 Å². The van der Waals surface area contributed by atoms with Crippen molar-refractivity contribution in [3.8, 4) is 0 Å². The maximum absolute atomic E-state index is 12.3. The van der Waals surface area contributed by atoms with Crippen LogP contribution < -0.4 is 5.73 Å². The number of nitrogen functional groups attached to an aromatic ring is 1. The standard InChI is InChI=1S/C18H17N5O5/c19-14-11-15(21-7-20-14)23(8-22-11)16-12(24)13(25)18(28-16)6-10(18)27-17(26)9-4-2-1-3-5-9/h1-5,7-8,10,12-13,16,24-25H,6H2,(H2,19,20,21)/t10-,12+,13?,16-,18-/m1/s1. The van der Waals surface area contributed by atoms with Gasteiger partial charge in [-0.3, -0.25) is 4.57 Å². The van der Waals surface area contributed by atoms with E-state index in [1.165, 1.54) is 17.2 Å². The van der Waals surface area contributed by atoms with Crippen LogP contribution in [0.5, 0.6) is 0 Å². The molecule has 4 N–H and O–H groups in total. The Bertz CT molecular complexity index is 1060. The van der Waals surface area contributed by atoms with Gasteiger partial charge in [0, 0.05) is 6.42 Å². The number of carbonyl (C=O) groups is 1. The molecule has 1 spiro atoms. The number of aromatic nitrogens is 4. The molecule has 0 amide bonds. The highest BCUT2D eigenvalue weighted by molar-refractivity contribution is 5.89. The number of hydrogen-bond donors (Lipinski definition) is 3. The van der Waals surface area contributed by atoms with Crippen molar-refractivity contribution in [1.82, 2.24) is 19.5 Å². The van der Waals surface area contributed by atoms with E-state index in [1.54, 1.807) is 30.3 Å². The van der Waals surface area contributed by atoms with E-state index >= 15 is 0 Å². The van der Waals surface area contributed by atoms with Crippen LogP contribution in [-0.4, -0.2) is 59.6 Å². The maximum atomic E-state index is 12.3. The lowest BCUT2D eigenvalue weighted by Crippen LogP contribution is -2.35. The van der Waals surface area contributed by atoms with Crippen LogP contribution in [0.2, 0.25) is 0 Å². The molecule has 10 heteroatoms. The first-order chi connectivity index (χ1) is 13.5. The SMILES string of the molecule is Nc1ncnc2c1ncn2[C@@H]1O[C@@]2(C[C@H]2OC(=O)c2ccccc2)C(O)[C@@H]1O. The fourth-order valence-corrected chi connectivity index (χ4v) is 3.67. The van der Waals surface area contributed by atoms with Gasteiger partial charge in [-0.15, -0.1) is 0 Å². The lowest BCUT2D eigenvalue weighted by molar-refractivity contribution is -0.0669. The number of aliphatic hydroxyl groups is 2. The van der Waals surface area contributed by atoms with E-state index in [0.29, 0.717) is 16.7 Å². The predicted molar refractivity (Wildman–Crippen MR) is 94.9 cm³/mol. The average molecular weight is 383 g/mol. The van der Waals surface area contributed by atoms with Crippen LogP contribution in [0.1, 0.15) is 23.0 Å². The molecule has 1 aromatic carbocycles. The average Bonchev–Trinajstić information content (AvgIpc) is 3.10. The minimum absolute atomic E-state index is 0.201. The molecule has 5 atom stereocenters. The van der Waals surface area contributed by atoms with Crippen LogP contribution in [-0.2, 0) is 9.47 Å². The molecule has 1 aliphatic carbocycles. The summed E-state index contributed by atoms with van der Waals surface area (Å²) in [7, 11) is 0. The van der Waals surface area contributed by atoms with Crippen molar-refractivity contribution in [1.29, 1.82) is 0 Å². The lowest BCUT2D eigenvalue weighted by atomic mass is 10.1. The summed E-state index contributed by atoms with van der Waals surface area (Å²) in [6.07, 6.45) is -1.12. The number of hydrogen-bond acceptors (Lipinski definition) is 9. The fourth-order valence-electron chi connectivity index (χ4n) is 3.67. The van der Waals surface area contributed by atoms with Gasteiger partial charge in [-0.2, -0.15) is 0 Å². The molecule has 2 fully saturated rings. The third kappa shape index (κ3) is 2.39. The second-order valence-electron chi connectivity index (χ2n) is 6.95. The molecule has 10 nitrogen and oxygen atoms in total.